The molecule has 0 aromatic carbocycles. The second-order valence-corrected chi connectivity index (χ2v) is 4.06. The van der Waals surface area contributed by atoms with E-state index >= 15 is 0 Å². The topological polar surface area (TPSA) is 0 Å². The van der Waals surface area contributed by atoms with E-state index in [4.69, 9.17) is 46.4 Å². The SMILES string of the molecule is FCC(Cl)C(Cl)(Cl)Cl. The molecular formula is C3H3Cl4F. The van der Waals surface area contributed by atoms with Crippen molar-refractivity contribution in [2.45, 2.75) is 9.17 Å². The van der Waals surface area contributed by atoms with Crippen molar-refractivity contribution in [3.8, 4) is 0 Å². The molecule has 8 heavy (non-hydrogen) atoms. The Hall–Kier alpha value is 1.09. The van der Waals surface area contributed by atoms with Crippen LogP contribution < -0.4 is 0 Å². The van der Waals surface area contributed by atoms with Crippen molar-refractivity contribution < 1.29 is 4.39 Å². The molecule has 0 amide bonds. The van der Waals surface area contributed by atoms with Gasteiger partial charge in [0.15, 0.2) is 0 Å². The number of halogens is 5. The first-order chi connectivity index (χ1) is 3.48. The molecule has 0 fully saturated rings. The largest absolute Gasteiger partial charge is 0.249 e. The fourth-order valence-electron chi connectivity index (χ4n) is 0.0875. The average molecular weight is 200 g/mol. The normalized spacial score (nSPS) is 16.1. The van der Waals surface area contributed by atoms with Crippen molar-refractivity contribution in [2.75, 3.05) is 6.67 Å². The molecule has 0 aromatic heterocycles. The smallest absolute Gasteiger partial charge is 0.209 e. The summed E-state index contributed by atoms with van der Waals surface area (Å²) in [6.07, 6.45) is 0. The van der Waals surface area contributed by atoms with Crippen molar-refractivity contribution in [2.24, 2.45) is 0 Å². The van der Waals surface area contributed by atoms with Gasteiger partial charge in [-0.2, -0.15) is 0 Å². The zero-order valence-electron chi connectivity index (χ0n) is 3.67. The maximum Gasteiger partial charge on any atom is 0.209 e. The molecule has 0 saturated heterocycles. The van der Waals surface area contributed by atoms with Gasteiger partial charge in [-0.3, -0.25) is 0 Å². The fourth-order valence-corrected chi connectivity index (χ4v) is 0.262. The Balaban J connectivity index is 3.62. The summed E-state index contributed by atoms with van der Waals surface area (Å²) in [5, 5.41) is -1.05. The Bertz CT molecular complexity index is 68.2. The maximum atomic E-state index is 11.5. The Morgan fingerprint density at radius 1 is 1.38 bits per heavy atom. The van der Waals surface area contributed by atoms with Crippen LogP contribution in [0.25, 0.3) is 0 Å². The number of hydrogen-bond donors (Lipinski definition) is 0. The first-order valence-electron chi connectivity index (χ1n) is 1.75. The summed E-state index contributed by atoms with van der Waals surface area (Å²) in [7, 11) is 0. The van der Waals surface area contributed by atoms with Gasteiger partial charge < -0.3 is 0 Å². The quantitative estimate of drug-likeness (QED) is 0.570. The molecule has 50 valence electrons. The number of rotatable bonds is 1. The third-order valence-electron chi connectivity index (χ3n) is 0.491. The third kappa shape index (κ3) is 3.18. The molecule has 0 heterocycles. The van der Waals surface area contributed by atoms with E-state index in [1.54, 1.807) is 0 Å². The molecule has 1 atom stereocenters. The van der Waals surface area contributed by atoms with E-state index in [-0.39, 0.29) is 0 Å². The highest BCUT2D eigenvalue weighted by molar-refractivity contribution is 6.70. The predicted molar refractivity (Wildman–Crippen MR) is 35.9 cm³/mol. The monoisotopic (exact) mass is 198 g/mol. The van der Waals surface area contributed by atoms with Gasteiger partial charge in [0.25, 0.3) is 0 Å². The van der Waals surface area contributed by atoms with E-state index in [1.165, 1.54) is 0 Å². The average Bonchev–Trinajstić information content (AvgIpc) is 1.62. The van der Waals surface area contributed by atoms with Gasteiger partial charge in [-0.05, 0) is 0 Å². The van der Waals surface area contributed by atoms with Crippen LogP contribution in [0.1, 0.15) is 0 Å². The Morgan fingerprint density at radius 2 is 1.75 bits per heavy atom. The summed E-state index contributed by atoms with van der Waals surface area (Å²) >= 11 is 20.6. The predicted octanol–water partition coefficient (Wildman–Crippen LogP) is 2.93. The minimum absolute atomic E-state index is 0.835. The van der Waals surface area contributed by atoms with Crippen molar-refractivity contribution >= 4 is 46.4 Å². The highest BCUT2D eigenvalue weighted by atomic mass is 35.6. The molecule has 0 saturated carbocycles. The molecule has 0 spiro atoms. The lowest BCUT2D eigenvalue weighted by atomic mass is 10.5. The molecule has 0 aromatic rings. The van der Waals surface area contributed by atoms with Crippen LogP contribution in [0.4, 0.5) is 4.39 Å². The molecule has 0 radical (unpaired) electrons. The molecule has 0 aliphatic carbocycles. The van der Waals surface area contributed by atoms with Crippen LogP contribution >= 0.6 is 46.4 Å². The maximum absolute atomic E-state index is 11.5. The van der Waals surface area contributed by atoms with Gasteiger partial charge in [0, 0.05) is 0 Å². The second-order valence-electron chi connectivity index (χ2n) is 1.16. The van der Waals surface area contributed by atoms with Gasteiger partial charge in [0.1, 0.15) is 12.1 Å². The molecule has 0 aliphatic rings. The van der Waals surface area contributed by atoms with Gasteiger partial charge in [-0.15, -0.1) is 11.6 Å². The van der Waals surface area contributed by atoms with Crippen molar-refractivity contribution in [1.29, 1.82) is 0 Å². The zero-order valence-corrected chi connectivity index (χ0v) is 6.70. The summed E-state index contributed by atoms with van der Waals surface area (Å²) in [5.41, 5.74) is 0. The lowest BCUT2D eigenvalue weighted by Crippen LogP contribution is -2.20. The van der Waals surface area contributed by atoms with E-state index in [0.29, 0.717) is 0 Å². The van der Waals surface area contributed by atoms with E-state index in [1.807, 2.05) is 0 Å². The van der Waals surface area contributed by atoms with Crippen LogP contribution in [0.3, 0.4) is 0 Å². The van der Waals surface area contributed by atoms with Crippen LogP contribution in [-0.4, -0.2) is 15.8 Å². The minimum atomic E-state index is -1.68. The van der Waals surface area contributed by atoms with Crippen LogP contribution in [0.5, 0.6) is 0 Å². The summed E-state index contributed by atoms with van der Waals surface area (Å²) in [6.45, 7) is -0.835. The van der Waals surface area contributed by atoms with Crippen molar-refractivity contribution in [3.63, 3.8) is 0 Å². The Kier molecular flexibility index (Phi) is 3.76. The summed E-state index contributed by atoms with van der Waals surface area (Å²) in [5.74, 6) is 0. The van der Waals surface area contributed by atoms with E-state index in [0.717, 1.165) is 0 Å². The molecule has 0 aliphatic heterocycles. The van der Waals surface area contributed by atoms with Gasteiger partial charge in [0.05, 0.1) is 0 Å². The molecule has 0 bridgehead atoms. The van der Waals surface area contributed by atoms with E-state index in [2.05, 4.69) is 0 Å². The molecule has 5 heteroatoms. The Morgan fingerprint density at radius 3 is 1.75 bits per heavy atom. The van der Waals surface area contributed by atoms with Crippen LogP contribution in [-0.2, 0) is 0 Å². The first kappa shape index (κ1) is 9.09. The van der Waals surface area contributed by atoms with Crippen LogP contribution in [0.2, 0.25) is 0 Å². The third-order valence-corrected chi connectivity index (χ3v) is 2.06. The fraction of sp³-hybridized carbons (Fsp3) is 1.00. The Labute approximate surface area is 66.8 Å². The highest BCUT2D eigenvalue weighted by Gasteiger charge is 2.30. The molecular weight excluding hydrogens is 197 g/mol. The second kappa shape index (κ2) is 3.31. The number of hydrogen-bond acceptors (Lipinski definition) is 0. The van der Waals surface area contributed by atoms with E-state index in [9.17, 15) is 4.39 Å². The van der Waals surface area contributed by atoms with Crippen molar-refractivity contribution in [1.82, 2.24) is 0 Å². The molecule has 1 unspecified atom stereocenters. The first-order valence-corrected chi connectivity index (χ1v) is 3.32. The standard InChI is InChI=1S/C3H3Cl4F/c4-2(1-8)3(5,6)7/h2H,1H2. The summed E-state index contributed by atoms with van der Waals surface area (Å²) < 4.78 is 9.81. The minimum Gasteiger partial charge on any atom is -0.249 e. The van der Waals surface area contributed by atoms with Gasteiger partial charge in [0.2, 0.25) is 3.79 Å². The summed E-state index contributed by atoms with van der Waals surface area (Å²) in [4.78, 5) is 0. The molecule has 0 rings (SSSR count). The van der Waals surface area contributed by atoms with E-state index < -0.39 is 15.8 Å². The molecule has 0 N–H and O–H groups in total. The van der Waals surface area contributed by atoms with Crippen molar-refractivity contribution in [3.05, 3.63) is 0 Å². The zero-order chi connectivity index (χ0) is 6.78. The number of alkyl halides is 5. The van der Waals surface area contributed by atoms with Gasteiger partial charge >= 0.3 is 0 Å². The van der Waals surface area contributed by atoms with Crippen LogP contribution in [0.15, 0.2) is 0 Å². The van der Waals surface area contributed by atoms with Gasteiger partial charge in [-0.1, -0.05) is 34.8 Å². The lowest BCUT2D eigenvalue weighted by molar-refractivity contribution is 0.481. The summed E-state index contributed by atoms with van der Waals surface area (Å²) in [6, 6.07) is 0. The van der Waals surface area contributed by atoms with Crippen LogP contribution in [0, 0.1) is 0 Å². The lowest BCUT2D eigenvalue weighted by Gasteiger charge is -2.13. The molecule has 0 nitrogen and oxygen atoms in total. The van der Waals surface area contributed by atoms with Gasteiger partial charge in [-0.25, -0.2) is 4.39 Å². The highest BCUT2D eigenvalue weighted by Crippen LogP contribution is 2.33.